The standard InChI is InChI=1S/C11H17N3O3S2/c1-6(2)19(16,17)7(3)9(15)12-11-14-13-10(18-11)8-4-5-8/h6-8H,4-5H2,1-3H3,(H,12,14,15). The number of amides is 1. The van der Waals surface area contributed by atoms with Crippen LogP contribution in [0.4, 0.5) is 5.13 Å². The molecule has 0 spiro atoms. The molecule has 1 atom stereocenters. The van der Waals surface area contributed by atoms with E-state index in [1.165, 1.54) is 18.3 Å². The first kappa shape index (κ1) is 14.4. The number of aromatic nitrogens is 2. The number of carbonyl (C=O) groups excluding carboxylic acids is 1. The van der Waals surface area contributed by atoms with Crippen LogP contribution in [0.1, 0.15) is 44.5 Å². The molecule has 0 bridgehead atoms. The van der Waals surface area contributed by atoms with Crippen molar-refractivity contribution in [3.05, 3.63) is 5.01 Å². The van der Waals surface area contributed by atoms with E-state index < -0.39 is 26.2 Å². The van der Waals surface area contributed by atoms with Gasteiger partial charge in [-0.3, -0.25) is 10.1 Å². The second-order valence-corrected chi connectivity index (χ2v) is 8.83. The van der Waals surface area contributed by atoms with Gasteiger partial charge in [0.05, 0.1) is 5.25 Å². The van der Waals surface area contributed by atoms with Crippen LogP contribution in [0.2, 0.25) is 0 Å². The topological polar surface area (TPSA) is 89.0 Å². The van der Waals surface area contributed by atoms with Gasteiger partial charge in [-0.1, -0.05) is 11.3 Å². The van der Waals surface area contributed by atoms with Crippen molar-refractivity contribution in [3.63, 3.8) is 0 Å². The van der Waals surface area contributed by atoms with Crippen LogP contribution in [0.3, 0.4) is 0 Å². The average molecular weight is 303 g/mol. The number of nitrogens with zero attached hydrogens (tertiary/aromatic N) is 2. The summed E-state index contributed by atoms with van der Waals surface area (Å²) in [7, 11) is -3.45. The summed E-state index contributed by atoms with van der Waals surface area (Å²) in [4.78, 5) is 11.9. The Morgan fingerprint density at radius 2 is 1.95 bits per heavy atom. The van der Waals surface area contributed by atoms with E-state index in [9.17, 15) is 13.2 Å². The van der Waals surface area contributed by atoms with Crippen LogP contribution < -0.4 is 5.32 Å². The van der Waals surface area contributed by atoms with Gasteiger partial charge >= 0.3 is 0 Å². The first-order valence-electron chi connectivity index (χ1n) is 6.19. The molecule has 0 aromatic carbocycles. The van der Waals surface area contributed by atoms with Gasteiger partial charge in [0.1, 0.15) is 10.3 Å². The van der Waals surface area contributed by atoms with Gasteiger partial charge in [0, 0.05) is 5.92 Å². The quantitative estimate of drug-likeness (QED) is 0.891. The Balaban J connectivity index is 2.03. The van der Waals surface area contributed by atoms with Crippen molar-refractivity contribution in [1.82, 2.24) is 10.2 Å². The number of sulfone groups is 1. The fraction of sp³-hybridized carbons (Fsp3) is 0.727. The number of nitrogens with one attached hydrogen (secondary N) is 1. The highest BCUT2D eigenvalue weighted by molar-refractivity contribution is 7.93. The zero-order valence-corrected chi connectivity index (χ0v) is 12.7. The van der Waals surface area contributed by atoms with Crippen LogP contribution >= 0.6 is 11.3 Å². The van der Waals surface area contributed by atoms with Gasteiger partial charge < -0.3 is 0 Å². The van der Waals surface area contributed by atoms with Gasteiger partial charge in [-0.05, 0) is 33.6 Å². The molecule has 1 amide bonds. The molecule has 1 unspecified atom stereocenters. The highest BCUT2D eigenvalue weighted by Gasteiger charge is 2.32. The van der Waals surface area contributed by atoms with Crippen molar-refractivity contribution in [2.45, 2.75) is 50.0 Å². The molecule has 8 heteroatoms. The molecule has 1 saturated carbocycles. The van der Waals surface area contributed by atoms with Crippen molar-refractivity contribution in [3.8, 4) is 0 Å². The van der Waals surface area contributed by atoms with E-state index in [0.717, 1.165) is 17.8 Å². The molecule has 0 radical (unpaired) electrons. The molecular weight excluding hydrogens is 286 g/mol. The molecule has 0 aliphatic heterocycles. The van der Waals surface area contributed by atoms with E-state index >= 15 is 0 Å². The molecule has 1 aliphatic rings. The summed E-state index contributed by atoms with van der Waals surface area (Å²) >= 11 is 1.32. The normalized spacial score (nSPS) is 17.5. The molecule has 1 fully saturated rings. The Kier molecular flexibility index (Phi) is 3.91. The molecule has 6 nitrogen and oxygen atoms in total. The minimum absolute atomic E-state index is 0.373. The van der Waals surface area contributed by atoms with Crippen LogP contribution in [0.25, 0.3) is 0 Å². The summed E-state index contributed by atoms with van der Waals surface area (Å²) in [5.74, 6) is -0.0767. The molecule has 1 N–H and O–H groups in total. The Morgan fingerprint density at radius 3 is 2.47 bits per heavy atom. The second-order valence-electron chi connectivity index (χ2n) is 4.99. The third-order valence-electron chi connectivity index (χ3n) is 3.12. The molecule has 1 aromatic heterocycles. The van der Waals surface area contributed by atoms with Crippen molar-refractivity contribution in [2.24, 2.45) is 0 Å². The molecule has 2 rings (SSSR count). The molecule has 1 aromatic rings. The number of rotatable bonds is 5. The summed E-state index contributed by atoms with van der Waals surface area (Å²) < 4.78 is 23.8. The highest BCUT2D eigenvalue weighted by atomic mass is 32.2. The fourth-order valence-corrected chi connectivity index (χ4v) is 3.63. The van der Waals surface area contributed by atoms with Gasteiger partial charge in [-0.15, -0.1) is 10.2 Å². The summed E-state index contributed by atoms with van der Waals surface area (Å²) in [6.45, 7) is 4.53. The SMILES string of the molecule is CC(C)S(=O)(=O)C(C)C(=O)Nc1nnc(C2CC2)s1. The molecular formula is C11H17N3O3S2. The maximum atomic E-state index is 11.9. The lowest BCUT2D eigenvalue weighted by Gasteiger charge is -2.14. The van der Waals surface area contributed by atoms with Gasteiger partial charge in [0.25, 0.3) is 0 Å². The third-order valence-corrected chi connectivity index (χ3v) is 6.63. The summed E-state index contributed by atoms with van der Waals surface area (Å²) in [5, 5.41) is 10.0. The van der Waals surface area contributed by atoms with Crippen molar-refractivity contribution in [1.29, 1.82) is 0 Å². The summed E-state index contributed by atoms with van der Waals surface area (Å²) in [6.07, 6.45) is 2.22. The number of anilines is 1. The molecule has 19 heavy (non-hydrogen) atoms. The first-order chi connectivity index (χ1) is 8.82. The largest absolute Gasteiger partial charge is 0.299 e. The third kappa shape index (κ3) is 3.11. The van der Waals surface area contributed by atoms with Crippen LogP contribution in [0.15, 0.2) is 0 Å². The average Bonchev–Trinajstić information content (AvgIpc) is 3.09. The van der Waals surface area contributed by atoms with Gasteiger partial charge in [-0.25, -0.2) is 8.42 Å². The molecule has 0 saturated heterocycles. The van der Waals surface area contributed by atoms with Crippen molar-refractivity contribution < 1.29 is 13.2 Å². The fourth-order valence-electron chi connectivity index (χ4n) is 1.54. The smallest absolute Gasteiger partial charge is 0.244 e. The Morgan fingerprint density at radius 1 is 1.32 bits per heavy atom. The van der Waals surface area contributed by atoms with Crippen LogP contribution in [-0.4, -0.2) is 35.0 Å². The van der Waals surface area contributed by atoms with Crippen LogP contribution in [-0.2, 0) is 14.6 Å². The highest BCUT2D eigenvalue weighted by Crippen LogP contribution is 2.42. The zero-order valence-electron chi connectivity index (χ0n) is 11.1. The van der Waals surface area contributed by atoms with E-state index in [-0.39, 0.29) is 0 Å². The summed E-state index contributed by atoms with van der Waals surface area (Å²) in [6, 6.07) is 0. The molecule has 106 valence electrons. The lowest BCUT2D eigenvalue weighted by Crippen LogP contribution is -2.36. The van der Waals surface area contributed by atoms with E-state index in [4.69, 9.17) is 0 Å². The van der Waals surface area contributed by atoms with Crippen molar-refractivity contribution >= 4 is 32.2 Å². The number of hydrogen-bond acceptors (Lipinski definition) is 6. The zero-order chi connectivity index (χ0) is 14.2. The maximum absolute atomic E-state index is 11.9. The van der Waals surface area contributed by atoms with Crippen LogP contribution in [0, 0.1) is 0 Å². The number of hydrogen-bond donors (Lipinski definition) is 1. The van der Waals surface area contributed by atoms with E-state index in [1.54, 1.807) is 13.8 Å². The van der Waals surface area contributed by atoms with Gasteiger partial charge in [0.15, 0.2) is 9.84 Å². The minimum Gasteiger partial charge on any atom is -0.299 e. The summed E-state index contributed by atoms with van der Waals surface area (Å²) in [5.41, 5.74) is 0. The second kappa shape index (κ2) is 5.16. The lowest BCUT2D eigenvalue weighted by atomic mass is 10.4. The van der Waals surface area contributed by atoms with Gasteiger partial charge in [-0.2, -0.15) is 0 Å². The number of carbonyl (C=O) groups is 1. The lowest BCUT2D eigenvalue weighted by molar-refractivity contribution is -0.115. The Labute approximate surface area is 116 Å². The van der Waals surface area contributed by atoms with E-state index in [2.05, 4.69) is 15.5 Å². The van der Waals surface area contributed by atoms with E-state index in [0.29, 0.717) is 11.0 Å². The Hall–Kier alpha value is -1.02. The molecule has 1 aliphatic carbocycles. The van der Waals surface area contributed by atoms with Gasteiger partial charge in [0.2, 0.25) is 11.0 Å². The van der Waals surface area contributed by atoms with Crippen LogP contribution in [0.5, 0.6) is 0 Å². The van der Waals surface area contributed by atoms with E-state index in [1.807, 2.05) is 0 Å². The monoisotopic (exact) mass is 303 g/mol. The predicted molar refractivity (Wildman–Crippen MR) is 74.0 cm³/mol. The molecule has 1 heterocycles. The van der Waals surface area contributed by atoms with Crippen molar-refractivity contribution in [2.75, 3.05) is 5.32 Å². The predicted octanol–water partition coefficient (Wildman–Crippen LogP) is 1.57. The first-order valence-corrected chi connectivity index (χ1v) is 8.62. The Bertz CT molecular complexity index is 576. The minimum atomic E-state index is -3.45. The maximum Gasteiger partial charge on any atom is 0.244 e.